The molecule has 0 spiro atoms. The summed E-state index contributed by atoms with van der Waals surface area (Å²) in [5, 5.41) is 14.6. The maximum atomic E-state index is 12.6. The molecule has 180 valence electrons. The van der Waals surface area contributed by atoms with Crippen molar-refractivity contribution < 1.29 is 24.2 Å². The molecule has 0 radical (unpaired) electrons. The van der Waals surface area contributed by atoms with Gasteiger partial charge in [0, 0.05) is 31.3 Å². The molecule has 1 unspecified atom stereocenters. The van der Waals surface area contributed by atoms with Crippen molar-refractivity contribution in [1.29, 1.82) is 0 Å². The van der Waals surface area contributed by atoms with E-state index in [1.165, 1.54) is 22.3 Å². The van der Waals surface area contributed by atoms with Crippen molar-refractivity contribution in [2.24, 2.45) is 11.8 Å². The van der Waals surface area contributed by atoms with E-state index in [9.17, 15) is 14.4 Å². The second-order valence-electron chi connectivity index (χ2n) is 9.48. The Hall–Kier alpha value is -3.35. The van der Waals surface area contributed by atoms with Gasteiger partial charge in [-0.3, -0.25) is 9.59 Å². The van der Waals surface area contributed by atoms with Crippen molar-refractivity contribution in [3.63, 3.8) is 0 Å². The molecule has 4 rings (SSSR count). The van der Waals surface area contributed by atoms with Crippen LogP contribution in [-0.2, 0) is 14.3 Å². The van der Waals surface area contributed by atoms with Gasteiger partial charge in [0.25, 0.3) is 0 Å². The zero-order valence-corrected chi connectivity index (χ0v) is 19.5. The van der Waals surface area contributed by atoms with Crippen molar-refractivity contribution in [2.75, 3.05) is 13.2 Å². The Morgan fingerprint density at radius 1 is 1.03 bits per heavy atom. The summed E-state index contributed by atoms with van der Waals surface area (Å²) in [4.78, 5) is 35.8. The highest BCUT2D eigenvalue weighted by molar-refractivity contribution is 5.79. The van der Waals surface area contributed by atoms with Crippen LogP contribution < -0.4 is 10.6 Å². The highest BCUT2D eigenvalue weighted by Crippen LogP contribution is 2.44. The fourth-order valence-electron chi connectivity index (χ4n) is 5.23. The first-order valence-corrected chi connectivity index (χ1v) is 12.0. The number of amides is 2. The number of benzene rings is 2. The smallest absolute Gasteiger partial charge is 0.407 e. The fraction of sp³-hybridized carbons (Fsp3) is 0.444. The first-order valence-electron chi connectivity index (χ1n) is 12.0. The minimum atomic E-state index is -0.870. The van der Waals surface area contributed by atoms with E-state index in [0.717, 1.165) is 19.3 Å². The summed E-state index contributed by atoms with van der Waals surface area (Å²) in [5.74, 6) is -1.04. The first kappa shape index (κ1) is 23.8. The fourth-order valence-corrected chi connectivity index (χ4v) is 5.23. The van der Waals surface area contributed by atoms with Gasteiger partial charge < -0.3 is 20.5 Å². The summed E-state index contributed by atoms with van der Waals surface area (Å²) in [6, 6.07) is 16.3. The van der Waals surface area contributed by atoms with Gasteiger partial charge in [-0.1, -0.05) is 61.9 Å². The molecule has 0 aromatic heterocycles. The lowest BCUT2D eigenvalue weighted by Gasteiger charge is -2.22. The molecular formula is C27H32N2O5. The van der Waals surface area contributed by atoms with Crippen molar-refractivity contribution in [3.05, 3.63) is 59.7 Å². The average Bonchev–Trinajstić information content (AvgIpc) is 3.37. The number of hydrogen-bond acceptors (Lipinski definition) is 4. The highest BCUT2D eigenvalue weighted by atomic mass is 16.5. The molecule has 3 N–H and O–H groups in total. The van der Waals surface area contributed by atoms with Crippen LogP contribution in [0, 0.1) is 11.8 Å². The minimum Gasteiger partial charge on any atom is -0.481 e. The molecule has 2 aromatic carbocycles. The maximum absolute atomic E-state index is 12.6. The van der Waals surface area contributed by atoms with Gasteiger partial charge in [0.1, 0.15) is 6.61 Å². The van der Waals surface area contributed by atoms with Gasteiger partial charge in [0.05, 0.1) is 0 Å². The van der Waals surface area contributed by atoms with Crippen molar-refractivity contribution in [1.82, 2.24) is 10.6 Å². The molecule has 3 atom stereocenters. The number of ether oxygens (including phenoxy) is 1. The Balaban J connectivity index is 1.28. The van der Waals surface area contributed by atoms with Crippen LogP contribution in [-0.4, -0.2) is 42.3 Å². The van der Waals surface area contributed by atoms with Crippen LogP contribution in [0.3, 0.4) is 0 Å². The van der Waals surface area contributed by atoms with E-state index in [0.29, 0.717) is 13.0 Å². The van der Waals surface area contributed by atoms with Crippen LogP contribution >= 0.6 is 0 Å². The van der Waals surface area contributed by atoms with E-state index in [1.807, 2.05) is 24.3 Å². The molecule has 0 saturated heterocycles. The number of aliphatic carboxylic acids is 1. The Morgan fingerprint density at radius 3 is 2.32 bits per heavy atom. The molecular weight excluding hydrogens is 432 g/mol. The predicted molar refractivity (Wildman–Crippen MR) is 128 cm³/mol. The van der Waals surface area contributed by atoms with E-state index in [1.54, 1.807) is 6.92 Å². The van der Waals surface area contributed by atoms with E-state index >= 15 is 0 Å². The Morgan fingerprint density at radius 2 is 1.68 bits per heavy atom. The summed E-state index contributed by atoms with van der Waals surface area (Å²) in [6.45, 7) is 2.40. The molecule has 1 saturated carbocycles. The van der Waals surface area contributed by atoms with Crippen LogP contribution in [0.1, 0.15) is 56.1 Å². The second kappa shape index (κ2) is 10.7. The third kappa shape index (κ3) is 5.58. The maximum Gasteiger partial charge on any atom is 0.407 e. The largest absolute Gasteiger partial charge is 0.481 e. The van der Waals surface area contributed by atoms with Gasteiger partial charge in [0.15, 0.2) is 0 Å². The molecule has 2 amide bonds. The number of carboxylic acids is 1. The minimum absolute atomic E-state index is 0.0103. The number of carbonyl (C=O) groups excluding carboxylic acids is 2. The van der Waals surface area contributed by atoms with Crippen LogP contribution in [0.5, 0.6) is 0 Å². The predicted octanol–water partition coefficient (Wildman–Crippen LogP) is 4.31. The molecule has 0 heterocycles. The van der Waals surface area contributed by atoms with Gasteiger partial charge in [-0.15, -0.1) is 0 Å². The summed E-state index contributed by atoms with van der Waals surface area (Å²) >= 11 is 0. The normalized spacial score (nSPS) is 19.7. The van der Waals surface area contributed by atoms with Crippen molar-refractivity contribution >= 4 is 18.0 Å². The van der Waals surface area contributed by atoms with Crippen LogP contribution in [0.15, 0.2) is 48.5 Å². The molecule has 34 heavy (non-hydrogen) atoms. The SMILES string of the molecule is CC(CNC(=O)C[C@@H]1CCC[C@H]1NC(=O)OCC1c2ccccc2-c2ccccc21)CC(=O)O. The van der Waals surface area contributed by atoms with Crippen LogP contribution in [0.25, 0.3) is 11.1 Å². The van der Waals surface area contributed by atoms with Gasteiger partial charge in [-0.25, -0.2) is 4.79 Å². The van der Waals surface area contributed by atoms with Gasteiger partial charge >= 0.3 is 12.1 Å². The first-order chi connectivity index (χ1) is 16.4. The third-order valence-electron chi connectivity index (χ3n) is 6.92. The molecule has 7 nitrogen and oxygen atoms in total. The number of nitrogens with one attached hydrogen (secondary N) is 2. The lowest BCUT2D eigenvalue weighted by Crippen LogP contribution is -2.40. The molecule has 1 fully saturated rings. The zero-order chi connectivity index (χ0) is 24.1. The van der Waals surface area contributed by atoms with Crippen molar-refractivity contribution in [3.8, 4) is 11.1 Å². The highest BCUT2D eigenvalue weighted by Gasteiger charge is 2.32. The number of hydrogen-bond donors (Lipinski definition) is 3. The number of carbonyl (C=O) groups is 3. The van der Waals surface area contributed by atoms with E-state index < -0.39 is 12.1 Å². The number of rotatable bonds is 9. The summed E-state index contributed by atoms with van der Waals surface area (Å²) in [6.07, 6.45) is 2.52. The summed E-state index contributed by atoms with van der Waals surface area (Å²) in [7, 11) is 0. The average molecular weight is 465 g/mol. The van der Waals surface area contributed by atoms with Gasteiger partial charge in [0.2, 0.25) is 5.91 Å². The molecule has 2 aliphatic rings. The van der Waals surface area contributed by atoms with E-state index in [2.05, 4.69) is 34.9 Å². The Labute approximate surface area is 199 Å². The Bertz CT molecular complexity index is 1010. The number of carboxylic acid groups (broad SMARTS) is 1. The summed E-state index contributed by atoms with van der Waals surface area (Å²) < 4.78 is 5.66. The van der Waals surface area contributed by atoms with E-state index in [4.69, 9.17) is 9.84 Å². The third-order valence-corrected chi connectivity index (χ3v) is 6.92. The Kier molecular flexibility index (Phi) is 7.50. The zero-order valence-electron chi connectivity index (χ0n) is 19.5. The lowest BCUT2D eigenvalue weighted by atomic mass is 9.98. The summed E-state index contributed by atoms with van der Waals surface area (Å²) in [5.41, 5.74) is 4.71. The number of fused-ring (bicyclic) bond motifs is 3. The van der Waals surface area contributed by atoms with Crippen molar-refractivity contribution in [2.45, 2.75) is 51.0 Å². The molecule has 0 bridgehead atoms. The quantitative estimate of drug-likeness (QED) is 0.513. The molecule has 0 aliphatic heterocycles. The number of alkyl carbamates (subject to hydrolysis) is 1. The van der Waals surface area contributed by atoms with Gasteiger partial charge in [-0.05, 0) is 46.9 Å². The molecule has 2 aliphatic carbocycles. The van der Waals surface area contributed by atoms with Crippen LogP contribution in [0.4, 0.5) is 4.79 Å². The van der Waals surface area contributed by atoms with E-state index in [-0.39, 0.29) is 42.7 Å². The monoisotopic (exact) mass is 464 g/mol. The second-order valence-corrected chi connectivity index (χ2v) is 9.48. The molecule has 7 heteroatoms. The standard InChI is InChI=1S/C27H32N2O5/c1-17(13-26(31)32)15-28-25(30)14-18-7-6-12-24(18)29-27(33)34-16-23-21-10-4-2-8-19(21)20-9-3-5-11-22(20)23/h2-5,8-11,17-18,23-24H,6-7,12-16H2,1H3,(H,28,30)(H,29,33)(H,31,32)/t17?,18-,24+/m0/s1. The van der Waals surface area contributed by atoms with Crippen LogP contribution in [0.2, 0.25) is 0 Å². The topological polar surface area (TPSA) is 105 Å². The van der Waals surface area contributed by atoms with Gasteiger partial charge in [-0.2, -0.15) is 0 Å². The lowest BCUT2D eigenvalue weighted by molar-refractivity contribution is -0.138. The molecule has 2 aromatic rings.